The van der Waals surface area contributed by atoms with Crippen molar-refractivity contribution < 1.29 is 13.7 Å². The van der Waals surface area contributed by atoms with Crippen LogP contribution in [0.3, 0.4) is 0 Å². The summed E-state index contributed by atoms with van der Waals surface area (Å²) >= 11 is 0.573. The zero-order valence-corrected chi connectivity index (χ0v) is 7.48. The van der Waals surface area contributed by atoms with Gasteiger partial charge in [0.05, 0.1) is 10.3 Å². The molecule has 0 bridgehead atoms. The predicted octanol–water partition coefficient (Wildman–Crippen LogP) is 3.09. The van der Waals surface area contributed by atoms with Crippen LogP contribution in [0.25, 0.3) is 10.1 Å². The summed E-state index contributed by atoms with van der Waals surface area (Å²) in [5, 5.41) is 9.71. The Morgan fingerprint density at radius 2 is 2.07 bits per heavy atom. The Morgan fingerprint density at radius 1 is 1.36 bits per heavy atom. The molecule has 3 nitrogen and oxygen atoms in total. The Balaban J connectivity index is 2.84. The maximum absolute atomic E-state index is 13.0. The molecule has 1 aromatic carbocycles. The number of thiophene rings is 1. The van der Waals surface area contributed by atoms with Crippen LogP contribution in [0.2, 0.25) is 0 Å². The molecule has 0 N–H and O–H groups in total. The Morgan fingerprint density at radius 3 is 2.71 bits per heavy atom. The molecule has 2 rings (SSSR count). The van der Waals surface area contributed by atoms with Gasteiger partial charge in [-0.3, -0.25) is 10.1 Å². The zero-order valence-electron chi connectivity index (χ0n) is 6.66. The normalized spacial score (nSPS) is 10.7. The lowest BCUT2D eigenvalue weighted by Gasteiger charge is -1.89. The lowest BCUT2D eigenvalue weighted by Crippen LogP contribution is -1.88. The minimum atomic E-state index is -0.893. The fourth-order valence-electron chi connectivity index (χ4n) is 1.20. The van der Waals surface area contributed by atoms with Crippen LogP contribution in [0.5, 0.6) is 0 Å². The van der Waals surface area contributed by atoms with Gasteiger partial charge in [0.25, 0.3) is 5.13 Å². The molecule has 0 saturated heterocycles. The highest BCUT2D eigenvalue weighted by atomic mass is 32.1. The highest BCUT2D eigenvalue weighted by Crippen LogP contribution is 2.35. The molecule has 2 aromatic rings. The lowest BCUT2D eigenvalue weighted by atomic mass is 10.2. The van der Waals surface area contributed by atoms with Crippen molar-refractivity contribution in [1.29, 1.82) is 0 Å². The number of rotatable bonds is 1. The second kappa shape index (κ2) is 2.98. The van der Waals surface area contributed by atoms with Crippen molar-refractivity contribution in [2.24, 2.45) is 0 Å². The van der Waals surface area contributed by atoms with E-state index in [9.17, 15) is 18.9 Å². The Bertz CT molecular complexity index is 523. The monoisotopic (exact) mass is 215 g/mol. The average Bonchev–Trinajstić information content (AvgIpc) is 2.39. The van der Waals surface area contributed by atoms with Gasteiger partial charge in [-0.1, -0.05) is 11.3 Å². The number of nitro groups is 1. The molecule has 0 aliphatic rings. The molecule has 0 aliphatic carbocycles. The molecule has 0 amide bonds. The van der Waals surface area contributed by atoms with Crippen molar-refractivity contribution in [2.45, 2.75) is 0 Å². The third-order valence-corrected chi connectivity index (χ3v) is 2.70. The summed E-state index contributed by atoms with van der Waals surface area (Å²) in [6.07, 6.45) is 0. The minimum Gasteiger partial charge on any atom is -0.258 e. The van der Waals surface area contributed by atoms with E-state index < -0.39 is 21.6 Å². The molecule has 0 spiro atoms. The van der Waals surface area contributed by atoms with Gasteiger partial charge in [0.15, 0.2) is 0 Å². The molecule has 0 atom stereocenters. The van der Waals surface area contributed by atoms with Crippen molar-refractivity contribution in [3.63, 3.8) is 0 Å². The van der Waals surface area contributed by atoms with E-state index in [2.05, 4.69) is 0 Å². The number of hydrogen-bond acceptors (Lipinski definition) is 3. The van der Waals surface area contributed by atoms with Gasteiger partial charge in [-0.05, 0) is 18.2 Å². The van der Waals surface area contributed by atoms with E-state index in [-0.39, 0.29) is 10.1 Å². The van der Waals surface area contributed by atoms with Crippen molar-refractivity contribution >= 4 is 27.1 Å². The molecule has 6 heteroatoms. The fourth-order valence-corrected chi connectivity index (χ4v) is 2.12. The van der Waals surface area contributed by atoms with Gasteiger partial charge in [-0.2, -0.15) is 4.39 Å². The van der Waals surface area contributed by atoms with E-state index in [1.165, 1.54) is 6.07 Å². The van der Waals surface area contributed by atoms with Crippen LogP contribution < -0.4 is 0 Å². The van der Waals surface area contributed by atoms with Crippen LogP contribution in [0, 0.1) is 21.1 Å². The van der Waals surface area contributed by atoms with Crippen LogP contribution in [-0.2, 0) is 0 Å². The minimum absolute atomic E-state index is 0.138. The molecule has 0 unspecified atom stereocenters. The Labute approximate surface area is 80.7 Å². The van der Waals surface area contributed by atoms with Crippen molar-refractivity contribution in [3.8, 4) is 0 Å². The second-order valence-corrected chi connectivity index (χ2v) is 3.62. The number of hydrogen-bond donors (Lipinski definition) is 0. The van der Waals surface area contributed by atoms with Crippen LogP contribution in [0.15, 0.2) is 18.2 Å². The maximum Gasteiger partial charge on any atom is 0.323 e. The average molecular weight is 215 g/mol. The summed E-state index contributed by atoms with van der Waals surface area (Å²) in [6.45, 7) is 0. The molecule has 0 radical (unpaired) electrons. The van der Waals surface area contributed by atoms with Crippen LogP contribution in [0.1, 0.15) is 0 Å². The second-order valence-electron chi connectivity index (χ2n) is 2.62. The van der Waals surface area contributed by atoms with E-state index in [0.29, 0.717) is 11.3 Å². The van der Waals surface area contributed by atoms with Gasteiger partial charge >= 0.3 is 5.69 Å². The van der Waals surface area contributed by atoms with Crippen molar-refractivity contribution in [2.75, 3.05) is 0 Å². The summed E-state index contributed by atoms with van der Waals surface area (Å²) in [5.41, 5.74) is -0.579. The highest BCUT2D eigenvalue weighted by Gasteiger charge is 2.22. The first-order valence-electron chi connectivity index (χ1n) is 3.61. The summed E-state index contributed by atoms with van der Waals surface area (Å²) in [7, 11) is 0. The zero-order chi connectivity index (χ0) is 10.3. The largest absolute Gasteiger partial charge is 0.323 e. The predicted molar refractivity (Wildman–Crippen MR) is 48.4 cm³/mol. The SMILES string of the molecule is O=[N+]([O-])c1c(F)sc2cc(F)ccc12. The van der Waals surface area contributed by atoms with Gasteiger partial charge in [-0.15, -0.1) is 0 Å². The van der Waals surface area contributed by atoms with E-state index in [4.69, 9.17) is 0 Å². The van der Waals surface area contributed by atoms with Gasteiger partial charge in [0.2, 0.25) is 0 Å². The van der Waals surface area contributed by atoms with E-state index in [1.54, 1.807) is 0 Å². The third-order valence-electron chi connectivity index (χ3n) is 1.77. The van der Waals surface area contributed by atoms with Crippen LogP contribution >= 0.6 is 11.3 Å². The van der Waals surface area contributed by atoms with Gasteiger partial charge in [0, 0.05) is 4.70 Å². The Kier molecular flexibility index (Phi) is 1.92. The third kappa shape index (κ3) is 1.24. The van der Waals surface area contributed by atoms with Crippen molar-refractivity contribution in [3.05, 3.63) is 39.3 Å². The molecule has 0 saturated carbocycles. The van der Waals surface area contributed by atoms with Crippen LogP contribution in [0.4, 0.5) is 14.5 Å². The summed E-state index contributed by atoms with van der Waals surface area (Å²) in [6, 6.07) is 3.36. The maximum atomic E-state index is 13.0. The molecular weight excluding hydrogens is 212 g/mol. The quantitative estimate of drug-likeness (QED) is 0.542. The standard InChI is InChI=1S/C8H3F2NO2S/c9-4-1-2-5-6(3-4)14-8(10)7(5)11(12)13/h1-3H. The first kappa shape index (κ1) is 9.01. The fraction of sp³-hybridized carbons (Fsp3) is 0. The lowest BCUT2D eigenvalue weighted by molar-refractivity contribution is -0.385. The van der Waals surface area contributed by atoms with Gasteiger partial charge < -0.3 is 0 Å². The van der Waals surface area contributed by atoms with E-state index in [0.717, 1.165) is 12.1 Å². The number of halogens is 2. The van der Waals surface area contributed by atoms with Gasteiger partial charge in [0.1, 0.15) is 5.82 Å². The molecule has 1 aromatic heterocycles. The van der Waals surface area contributed by atoms with Gasteiger partial charge in [-0.25, -0.2) is 4.39 Å². The number of nitrogens with zero attached hydrogens (tertiary/aromatic N) is 1. The first-order chi connectivity index (χ1) is 6.59. The molecule has 14 heavy (non-hydrogen) atoms. The Hall–Kier alpha value is -1.56. The number of benzene rings is 1. The summed E-state index contributed by atoms with van der Waals surface area (Å²) in [5.74, 6) is -0.534. The topological polar surface area (TPSA) is 43.1 Å². The van der Waals surface area contributed by atoms with E-state index in [1.807, 2.05) is 0 Å². The smallest absolute Gasteiger partial charge is 0.258 e. The first-order valence-corrected chi connectivity index (χ1v) is 4.43. The highest BCUT2D eigenvalue weighted by molar-refractivity contribution is 7.18. The number of fused-ring (bicyclic) bond motifs is 1. The van der Waals surface area contributed by atoms with Crippen molar-refractivity contribution in [1.82, 2.24) is 0 Å². The molecular formula is C8H3F2NO2S. The molecule has 0 aliphatic heterocycles. The molecule has 72 valence electrons. The van der Waals surface area contributed by atoms with E-state index >= 15 is 0 Å². The van der Waals surface area contributed by atoms with Crippen LogP contribution in [-0.4, -0.2) is 4.92 Å². The summed E-state index contributed by atoms with van der Waals surface area (Å²) in [4.78, 5) is 9.66. The molecule has 0 fully saturated rings. The molecule has 1 heterocycles. The summed E-state index contributed by atoms with van der Waals surface area (Å²) < 4.78 is 26.0.